The minimum atomic E-state index is -0.170. The van der Waals surface area contributed by atoms with E-state index < -0.39 is 0 Å². The maximum absolute atomic E-state index is 12.5. The summed E-state index contributed by atoms with van der Waals surface area (Å²) in [6.07, 6.45) is 5.38. The topological polar surface area (TPSA) is 73.6 Å². The van der Waals surface area contributed by atoms with E-state index in [1.54, 1.807) is 0 Å². The third-order valence-corrected chi connectivity index (χ3v) is 4.59. The van der Waals surface area contributed by atoms with Crippen LogP contribution in [0.4, 0.5) is 0 Å². The molecule has 6 heteroatoms. The van der Waals surface area contributed by atoms with Crippen LogP contribution in [-0.2, 0) is 6.54 Å². The Balaban J connectivity index is 2.15. The number of rotatable bonds is 3. The normalized spacial score (nSPS) is 16.7. The van der Waals surface area contributed by atoms with Gasteiger partial charge in [-0.1, -0.05) is 19.3 Å². The van der Waals surface area contributed by atoms with Crippen molar-refractivity contribution in [2.24, 2.45) is 0 Å². The lowest BCUT2D eigenvalue weighted by Crippen LogP contribution is -2.21. The lowest BCUT2D eigenvalue weighted by Gasteiger charge is -2.21. The third-order valence-electron chi connectivity index (χ3n) is 4.59. The van der Waals surface area contributed by atoms with Gasteiger partial charge in [0.2, 0.25) is 5.88 Å². The smallest absolute Gasteiger partial charge is 0.258 e. The summed E-state index contributed by atoms with van der Waals surface area (Å²) < 4.78 is 1.50. The molecule has 2 aromatic rings. The second-order valence-electron chi connectivity index (χ2n) is 6.59. The molecule has 120 valence electrons. The van der Waals surface area contributed by atoms with E-state index in [9.17, 15) is 9.90 Å². The second kappa shape index (κ2) is 5.76. The molecule has 0 unspecified atom stereocenters. The minimum Gasteiger partial charge on any atom is -0.493 e. The van der Waals surface area contributed by atoms with E-state index in [4.69, 9.17) is 0 Å². The summed E-state index contributed by atoms with van der Waals surface area (Å²) in [4.78, 5) is 17.5. The second-order valence-corrected chi connectivity index (χ2v) is 6.59. The van der Waals surface area contributed by atoms with Crippen molar-refractivity contribution in [2.75, 3.05) is 14.1 Å². The molecule has 6 nitrogen and oxygen atoms in total. The Hall–Kier alpha value is -1.82. The van der Waals surface area contributed by atoms with Crippen LogP contribution in [0.2, 0.25) is 0 Å². The molecule has 22 heavy (non-hydrogen) atoms. The van der Waals surface area contributed by atoms with Gasteiger partial charge in [0.05, 0.1) is 11.3 Å². The van der Waals surface area contributed by atoms with Crippen molar-refractivity contribution in [3.8, 4) is 5.88 Å². The SMILES string of the molecule is Cc1nn2c(O)c(C3CCCCC3)c(=O)[nH]c2c1CN(C)C. The molecular formula is C16H24N4O2. The van der Waals surface area contributed by atoms with Crippen LogP contribution in [-0.4, -0.2) is 38.7 Å². The number of aromatic nitrogens is 3. The van der Waals surface area contributed by atoms with Gasteiger partial charge in [-0.3, -0.25) is 4.79 Å². The summed E-state index contributed by atoms with van der Waals surface area (Å²) >= 11 is 0. The summed E-state index contributed by atoms with van der Waals surface area (Å²) in [5.74, 6) is 0.155. The average Bonchev–Trinajstić information content (AvgIpc) is 2.77. The fraction of sp³-hybridized carbons (Fsp3) is 0.625. The predicted molar refractivity (Wildman–Crippen MR) is 85.4 cm³/mol. The van der Waals surface area contributed by atoms with Gasteiger partial charge in [-0.2, -0.15) is 9.61 Å². The molecule has 3 rings (SSSR count). The van der Waals surface area contributed by atoms with Gasteiger partial charge >= 0.3 is 0 Å². The highest BCUT2D eigenvalue weighted by molar-refractivity contribution is 5.53. The molecule has 2 N–H and O–H groups in total. The van der Waals surface area contributed by atoms with Crippen LogP contribution in [0.5, 0.6) is 5.88 Å². The van der Waals surface area contributed by atoms with E-state index in [2.05, 4.69) is 10.1 Å². The molecule has 0 aromatic carbocycles. The summed E-state index contributed by atoms with van der Waals surface area (Å²) in [5, 5.41) is 15.1. The van der Waals surface area contributed by atoms with E-state index in [1.807, 2.05) is 25.9 Å². The van der Waals surface area contributed by atoms with Crippen LogP contribution in [0.25, 0.3) is 5.65 Å². The first-order valence-electron chi connectivity index (χ1n) is 7.97. The summed E-state index contributed by atoms with van der Waals surface area (Å²) in [5.41, 5.74) is 2.73. The highest BCUT2D eigenvalue weighted by atomic mass is 16.3. The van der Waals surface area contributed by atoms with Crippen LogP contribution in [0.1, 0.15) is 54.8 Å². The molecule has 0 aliphatic heterocycles. The highest BCUT2D eigenvalue weighted by Gasteiger charge is 2.25. The summed E-state index contributed by atoms with van der Waals surface area (Å²) in [6.45, 7) is 2.58. The van der Waals surface area contributed by atoms with E-state index in [0.29, 0.717) is 17.8 Å². The quantitative estimate of drug-likeness (QED) is 0.911. The minimum absolute atomic E-state index is 0.0127. The van der Waals surface area contributed by atoms with E-state index in [-0.39, 0.29) is 17.4 Å². The highest BCUT2D eigenvalue weighted by Crippen LogP contribution is 2.35. The van der Waals surface area contributed by atoms with Gasteiger partial charge in [0.25, 0.3) is 5.56 Å². The van der Waals surface area contributed by atoms with Crippen molar-refractivity contribution in [1.29, 1.82) is 0 Å². The van der Waals surface area contributed by atoms with Crippen molar-refractivity contribution in [1.82, 2.24) is 19.5 Å². The molecule has 0 atom stereocenters. The van der Waals surface area contributed by atoms with Crippen LogP contribution < -0.4 is 5.56 Å². The molecular weight excluding hydrogens is 280 g/mol. The van der Waals surface area contributed by atoms with Gasteiger partial charge in [0.15, 0.2) is 0 Å². The first kappa shape index (κ1) is 15.1. The summed E-state index contributed by atoms with van der Waals surface area (Å²) in [7, 11) is 3.94. The van der Waals surface area contributed by atoms with Crippen LogP contribution in [0.3, 0.4) is 0 Å². The van der Waals surface area contributed by atoms with Gasteiger partial charge in [-0.05, 0) is 39.8 Å². The first-order valence-corrected chi connectivity index (χ1v) is 7.97. The van der Waals surface area contributed by atoms with Crippen molar-refractivity contribution in [3.05, 3.63) is 27.2 Å². The Bertz CT molecular complexity index is 739. The monoisotopic (exact) mass is 304 g/mol. The molecule has 1 aliphatic carbocycles. The van der Waals surface area contributed by atoms with Gasteiger partial charge in [0, 0.05) is 12.1 Å². The Kier molecular flexibility index (Phi) is 3.95. The van der Waals surface area contributed by atoms with Crippen LogP contribution in [0, 0.1) is 6.92 Å². The summed E-state index contributed by atoms with van der Waals surface area (Å²) in [6, 6.07) is 0. The third kappa shape index (κ3) is 2.52. The molecule has 0 radical (unpaired) electrons. The van der Waals surface area contributed by atoms with Crippen LogP contribution >= 0.6 is 0 Å². The number of fused-ring (bicyclic) bond motifs is 1. The number of H-pyrrole nitrogens is 1. The lowest BCUT2D eigenvalue weighted by atomic mass is 9.85. The lowest BCUT2D eigenvalue weighted by molar-refractivity contribution is 0.389. The van der Waals surface area contributed by atoms with Crippen molar-refractivity contribution < 1.29 is 5.11 Å². The zero-order valence-electron chi connectivity index (χ0n) is 13.5. The molecule has 1 aliphatic rings. The maximum atomic E-state index is 12.5. The standard InChI is InChI=1S/C16H24N4O2/c1-10-12(9-19(2)3)14-17-15(21)13(16(22)20(14)18-10)11-7-5-4-6-8-11/h11,22H,4-9H2,1-3H3,(H,17,21). The zero-order valence-corrected chi connectivity index (χ0v) is 13.5. The molecule has 1 saturated carbocycles. The Morgan fingerprint density at radius 1 is 1.32 bits per heavy atom. The van der Waals surface area contributed by atoms with Gasteiger partial charge in [-0.15, -0.1) is 0 Å². The number of aromatic hydroxyl groups is 1. The molecule has 0 saturated heterocycles. The first-order chi connectivity index (χ1) is 10.5. The number of aromatic amines is 1. The number of nitrogens with one attached hydrogen (secondary N) is 1. The number of hydrogen-bond donors (Lipinski definition) is 2. The number of hydrogen-bond acceptors (Lipinski definition) is 4. The molecule has 2 heterocycles. The largest absolute Gasteiger partial charge is 0.493 e. The average molecular weight is 304 g/mol. The van der Waals surface area contributed by atoms with Gasteiger partial charge in [-0.25, -0.2) is 0 Å². The van der Waals surface area contributed by atoms with E-state index in [1.165, 1.54) is 10.9 Å². The fourth-order valence-corrected chi connectivity index (χ4v) is 3.50. The number of aryl methyl sites for hydroxylation is 1. The molecule has 1 fully saturated rings. The van der Waals surface area contributed by atoms with Crippen molar-refractivity contribution in [2.45, 2.75) is 51.5 Å². The predicted octanol–water partition coefficient (Wildman–Crippen LogP) is 2.15. The van der Waals surface area contributed by atoms with Crippen molar-refractivity contribution >= 4 is 5.65 Å². The van der Waals surface area contributed by atoms with Crippen LogP contribution in [0.15, 0.2) is 4.79 Å². The van der Waals surface area contributed by atoms with E-state index in [0.717, 1.165) is 36.9 Å². The van der Waals surface area contributed by atoms with E-state index >= 15 is 0 Å². The van der Waals surface area contributed by atoms with Crippen molar-refractivity contribution in [3.63, 3.8) is 0 Å². The maximum Gasteiger partial charge on any atom is 0.258 e. The number of nitrogens with zero attached hydrogens (tertiary/aromatic N) is 3. The Morgan fingerprint density at radius 2 is 2.00 bits per heavy atom. The fourth-order valence-electron chi connectivity index (χ4n) is 3.50. The van der Waals surface area contributed by atoms with Gasteiger partial charge in [0.1, 0.15) is 5.65 Å². The Morgan fingerprint density at radius 3 is 2.64 bits per heavy atom. The molecule has 0 spiro atoms. The Labute approximate surface area is 129 Å². The molecule has 0 amide bonds. The molecule has 2 aromatic heterocycles. The molecule has 0 bridgehead atoms. The van der Waals surface area contributed by atoms with Gasteiger partial charge < -0.3 is 15.0 Å². The zero-order chi connectivity index (χ0) is 15.9.